The summed E-state index contributed by atoms with van der Waals surface area (Å²) in [5.74, 6) is 1.42. The Labute approximate surface area is 147 Å². The molecule has 2 aromatic heterocycles. The van der Waals surface area contributed by atoms with Crippen molar-refractivity contribution in [1.82, 2.24) is 29.9 Å². The number of benzene rings is 1. The minimum absolute atomic E-state index is 0.659. The summed E-state index contributed by atoms with van der Waals surface area (Å²) in [5, 5.41) is 15.0. The van der Waals surface area contributed by atoms with Crippen LogP contribution in [-0.2, 0) is 6.54 Å². The minimum Gasteiger partial charge on any atom is -0.367 e. The number of aryl methyl sites for hydroxylation is 1. The second-order valence-corrected chi connectivity index (χ2v) is 6.81. The van der Waals surface area contributed by atoms with Crippen LogP contribution >= 0.6 is 0 Å². The van der Waals surface area contributed by atoms with E-state index in [0.717, 1.165) is 32.0 Å². The number of aromatic nitrogens is 5. The van der Waals surface area contributed by atoms with Crippen molar-refractivity contribution in [3.63, 3.8) is 0 Å². The van der Waals surface area contributed by atoms with Gasteiger partial charge in [0, 0.05) is 19.3 Å². The molecule has 7 nitrogen and oxygen atoms in total. The van der Waals surface area contributed by atoms with Gasteiger partial charge in [0.2, 0.25) is 5.65 Å². The zero-order valence-electron chi connectivity index (χ0n) is 14.5. The van der Waals surface area contributed by atoms with Crippen LogP contribution < -0.4 is 5.32 Å². The summed E-state index contributed by atoms with van der Waals surface area (Å²) < 4.78 is 1.64. The number of likely N-dealkylation sites (tertiary alicyclic amines) is 1. The van der Waals surface area contributed by atoms with Crippen LogP contribution in [0.5, 0.6) is 0 Å². The maximum absolute atomic E-state index is 4.36. The summed E-state index contributed by atoms with van der Waals surface area (Å²) in [6, 6.07) is 8.86. The zero-order valence-corrected chi connectivity index (χ0v) is 14.5. The van der Waals surface area contributed by atoms with Crippen LogP contribution in [0.2, 0.25) is 0 Å². The van der Waals surface area contributed by atoms with Crippen LogP contribution in [0.3, 0.4) is 0 Å². The molecule has 130 valence electrons. The number of hydrogen-bond donors (Lipinski definition) is 1. The number of nitrogens with one attached hydrogen (secondary N) is 1. The molecule has 3 aromatic rings. The second kappa shape index (κ2) is 7.14. The van der Waals surface area contributed by atoms with E-state index < -0.39 is 0 Å². The predicted octanol–water partition coefficient (Wildman–Crippen LogP) is 2.15. The molecule has 0 unspecified atom stereocenters. The molecular weight excluding hydrogens is 314 g/mol. The van der Waals surface area contributed by atoms with Gasteiger partial charge >= 0.3 is 0 Å². The highest BCUT2D eigenvalue weighted by atomic mass is 15.5. The minimum atomic E-state index is 0.659. The third-order valence-electron chi connectivity index (χ3n) is 4.91. The van der Waals surface area contributed by atoms with Gasteiger partial charge in [0.1, 0.15) is 0 Å². The summed E-state index contributed by atoms with van der Waals surface area (Å²) >= 11 is 0. The standard InChI is InChI=1S/C18H23N7/c1-14-2-4-16(5-3-14)13-24-9-6-15(7-10-24)12-20-17-18-21-22-23-25(18)11-8-19-17/h2-5,8,11,15H,6-7,9-10,12-13H2,1H3,(H,19,20). The lowest BCUT2D eigenvalue weighted by atomic mass is 9.96. The molecule has 0 radical (unpaired) electrons. The molecule has 1 aliphatic heterocycles. The van der Waals surface area contributed by atoms with Gasteiger partial charge in [-0.05, 0) is 54.8 Å². The fourth-order valence-electron chi connectivity index (χ4n) is 3.34. The Bertz CT molecular complexity index is 819. The van der Waals surface area contributed by atoms with E-state index in [9.17, 15) is 0 Å². The Hall–Kier alpha value is -2.54. The van der Waals surface area contributed by atoms with Gasteiger partial charge in [-0.15, -0.1) is 5.10 Å². The van der Waals surface area contributed by atoms with Crippen molar-refractivity contribution in [3.8, 4) is 0 Å². The number of anilines is 1. The topological polar surface area (TPSA) is 71.2 Å². The highest BCUT2D eigenvalue weighted by Gasteiger charge is 2.19. The van der Waals surface area contributed by atoms with E-state index in [1.807, 2.05) is 0 Å². The summed E-state index contributed by atoms with van der Waals surface area (Å²) in [5.41, 5.74) is 3.40. The van der Waals surface area contributed by atoms with E-state index >= 15 is 0 Å². The van der Waals surface area contributed by atoms with Crippen molar-refractivity contribution in [2.45, 2.75) is 26.3 Å². The second-order valence-electron chi connectivity index (χ2n) is 6.81. The fraction of sp³-hybridized carbons (Fsp3) is 0.444. The molecule has 0 atom stereocenters. The van der Waals surface area contributed by atoms with Crippen molar-refractivity contribution in [2.75, 3.05) is 25.0 Å². The first-order valence-corrected chi connectivity index (χ1v) is 8.82. The lowest BCUT2D eigenvalue weighted by Gasteiger charge is -2.32. The fourth-order valence-corrected chi connectivity index (χ4v) is 3.34. The van der Waals surface area contributed by atoms with Crippen molar-refractivity contribution in [3.05, 3.63) is 47.8 Å². The molecule has 1 saturated heterocycles. The molecule has 1 aromatic carbocycles. The highest BCUT2D eigenvalue weighted by Crippen LogP contribution is 2.20. The molecule has 25 heavy (non-hydrogen) atoms. The third-order valence-corrected chi connectivity index (χ3v) is 4.91. The summed E-state index contributed by atoms with van der Waals surface area (Å²) in [6.45, 7) is 6.38. The van der Waals surface area contributed by atoms with Crippen molar-refractivity contribution < 1.29 is 0 Å². The first-order chi connectivity index (χ1) is 12.3. The number of nitrogens with zero attached hydrogens (tertiary/aromatic N) is 6. The largest absolute Gasteiger partial charge is 0.367 e. The van der Waals surface area contributed by atoms with Gasteiger partial charge < -0.3 is 5.32 Å². The Kier molecular flexibility index (Phi) is 4.56. The van der Waals surface area contributed by atoms with Gasteiger partial charge in [0.25, 0.3) is 0 Å². The smallest absolute Gasteiger partial charge is 0.221 e. The lowest BCUT2D eigenvalue weighted by molar-refractivity contribution is 0.182. The van der Waals surface area contributed by atoms with Crippen molar-refractivity contribution >= 4 is 11.5 Å². The maximum atomic E-state index is 4.36. The molecule has 1 fully saturated rings. The summed E-state index contributed by atoms with van der Waals surface area (Å²) in [6.07, 6.45) is 5.87. The van der Waals surface area contributed by atoms with E-state index in [0.29, 0.717) is 11.6 Å². The Morgan fingerprint density at radius 3 is 2.76 bits per heavy atom. The highest BCUT2D eigenvalue weighted by molar-refractivity contribution is 5.60. The Morgan fingerprint density at radius 1 is 1.16 bits per heavy atom. The normalized spacial score (nSPS) is 16.4. The number of rotatable bonds is 5. The van der Waals surface area contributed by atoms with Crippen molar-refractivity contribution in [1.29, 1.82) is 0 Å². The summed E-state index contributed by atoms with van der Waals surface area (Å²) in [7, 11) is 0. The molecule has 0 spiro atoms. The van der Waals surface area contributed by atoms with E-state index in [2.05, 4.69) is 61.9 Å². The van der Waals surface area contributed by atoms with E-state index in [1.165, 1.54) is 24.0 Å². The Morgan fingerprint density at radius 2 is 1.96 bits per heavy atom. The molecule has 1 aliphatic rings. The lowest BCUT2D eigenvalue weighted by Crippen LogP contribution is -2.35. The molecule has 0 bridgehead atoms. The molecule has 7 heteroatoms. The third kappa shape index (κ3) is 3.76. The number of fused-ring (bicyclic) bond motifs is 1. The molecule has 1 N–H and O–H groups in total. The average Bonchev–Trinajstić information content (AvgIpc) is 3.12. The van der Waals surface area contributed by atoms with E-state index in [1.54, 1.807) is 16.9 Å². The molecule has 4 rings (SSSR count). The van der Waals surface area contributed by atoms with Gasteiger partial charge in [-0.1, -0.05) is 29.8 Å². The first kappa shape index (κ1) is 16.0. The van der Waals surface area contributed by atoms with Crippen molar-refractivity contribution in [2.24, 2.45) is 5.92 Å². The molecule has 0 amide bonds. The monoisotopic (exact) mass is 337 g/mol. The van der Waals surface area contributed by atoms with Gasteiger partial charge in [-0.25, -0.2) is 4.98 Å². The first-order valence-electron chi connectivity index (χ1n) is 8.82. The van der Waals surface area contributed by atoms with Gasteiger partial charge in [-0.3, -0.25) is 4.90 Å². The quantitative estimate of drug-likeness (QED) is 0.769. The molecular formula is C18H23N7. The van der Waals surface area contributed by atoms with Crippen LogP contribution in [0.4, 0.5) is 5.82 Å². The predicted molar refractivity (Wildman–Crippen MR) is 96.2 cm³/mol. The van der Waals surface area contributed by atoms with Gasteiger partial charge in [-0.2, -0.15) is 4.52 Å². The SMILES string of the molecule is Cc1ccc(CN2CCC(CNc3nccn4nnnc34)CC2)cc1. The maximum Gasteiger partial charge on any atom is 0.221 e. The molecule has 3 heterocycles. The zero-order chi connectivity index (χ0) is 17.1. The van der Waals surface area contributed by atoms with Crippen LogP contribution in [-0.4, -0.2) is 49.6 Å². The van der Waals surface area contributed by atoms with Gasteiger partial charge in [0.15, 0.2) is 5.82 Å². The van der Waals surface area contributed by atoms with Crippen LogP contribution in [0.25, 0.3) is 5.65 Å². The average molecular weight is 337 g/mol. The van der Waals surface area contributed by atoms with E-state index in [4.69, 9.17) is 0 Å². The van der Waals surface area contributed by atoms with E-state index in [-0.39, 0.29) is 0 Å². The number of hydrogen-bond acceptors (Lipinski definition) is 6. The Balaban J connectivity index is 1.27. The van der Waals surface area contributed by atoms with Crippen LogP contribution in [0.15, 0.2) is 36.7 Å². The summed E-state index contributed by atoms with van der Waals surface area (Å²) in [4.78, 5) is 6.90. The molecule has 0 aliphatic carbocycles. The van der Waals surface area contributed by atoms with Gasteiger partial charge in [0.05, 0.1) is 6.20 Å². The molecule has 0 saturated carbocycles. The van der Waals surface area contributed by atoms with Crippen LogP contribution in [0.1, 0.15) is 24.0 Å². The van der Waals surface area contributed by atoms with Crippen LogP contribution in [0, 0.1) is 12.8 Å². The number of piperidine rings is 1. The number of tetrazole rings is 1.